The summed E-state index contributed by atoms with van der Waals surface area (Å²) < 4.78 is 0. The number of hydrogen-bond acceptors (Lipinski definition) is 0. The zero-order chi connectivity index (χ0) is 12.3. The predicted molar refractivity (Wildman–Crippen MR) is 78.0 cm³/mol. The standard InChI is InChI=1S/C17H24/c1-3-5-11-16(10-4-2)14-9-15-17-12-7-6-8-13-17/h6-9,11-13,15H,3-5,10,14H2,1-2H3/b15-9+,16-11+. The van der Waals surface area contributed by atoms with Crippen molar-refractivity contribution < 1.29 is 0 Å². The number of rotatable bonds is 7. The molecule has 0 fully saturated rings. The van der Waals surface area contributed by atoms with Crippen LogP contribution in [-0.2, 0) is 0 Å². The highest BCUT2D eigenvalue weighted by Gasteiger charge is 1.93. The molecule has 0 atom stereocenters. The Morgan fingerprint density at radius 1 is 1.06 bits per heavy atom. The fourth-order valence-electron chi connectivity index (χ4n) is 1.87. The Balaban J connectivity index is 2.48. The minimum absolute atomic E-state index is 1.10. The fraction of sp³-hybridized carbons (Fsp3) is 0.412. The first kappa shape index (κ1) is 13.8. The monoisotopic (exact) mass is 228 g/mol. The SMILES string of the molecule is CCC/C=C(/C/C=C/c1ccccc1)CCC. The Morgan fingerprint density at radius 2 is 1.82 bits per heavy atom. The molecule has 0 nitrogen and oxygen atoms in total. The lowest BCUT2D eigenvalue weighted by atomic mass is 10.0. The molecule has 1 aromatic carbocycles. The number of hydrogen-bond donors (Lipinski definition) is 0. The molecule has 0 heteroatoms. The molecular formula is C17H24. The van der Waals surface area contributed by atoms with Crippen molar-refractivity contribution in [3.8, 4) is 0 Å². The second kappa shape index (κ2) is 8.81. The van der Waals surface area contributed by atoms with Gasteiger partial charge < -0.3 is 0 Å². The van der Waals surface area contributed by atoms with E-state index in [1.54, 1.807) is 5.57 Å². The number of benzene rings is 1. The van der Waals surface area contributed by atoms with Gasteiger partial charge in [-0.25, -0.2) is 0 Å². The molecule has 0 N–H and O–H groups in total. The molecule has 0 saturated carbocycles. The van der Waals surface area contributed by atoms with Gasteiger partial charge in [0, 0.05) is 0 Å². The molecule has 0 heterocycles. The summed E-state index contributed by atoms with van der Waals surface area (Å²) >= 11 is 0. The Labute approximate surface area is 106 Å². The van der Waals surface area contributed by atoms with Crippen LogP contribution in [0.4, 0.5) is 0 Å². The third kappa shape index (κ3) is 6.11. The largest absolute Gasteiger partial charge is 0.0850 e. The molecule has 92 valence electrons. The van der Waals surface area contributed by atoms with Gasteiger partial charge in [-0.05, 0) is 24.8 Å². The van der Waals surface area contributed by atoms with Crippen LogP contribution in [0.2, 0.25) is 0 Å². The van der Waals surface area contributed by atoms with Gasteiger partial charge in [-0.2, -0.15) is 0 Å². The highest BCUT2D eigenvalue weighted by Crippen LogP contribution is 2.13. The van der Waals surface area contributed by atoms with Gasteiger partial charge in [0.2, 0.25) is 0 Å². The summed E-state index contributed by atoms with van der Waals surface area (Å²) in [6.45, 7) is 4.49. The molecule has 0 aliphatic rings. The maximum Gasteiger partial charge on any atom is -0.0135 e. The van der Waals surface area contributed by atoms with Crippen LogP contribution in [0, 0.1) is 0 Å². The topological polar surface area (TPSA) is 0 Å². The number of unbranched alkanes of at least 4 members (excludes halogenated alkanes) is 1. The summed E-state index contributed by atoms with van der Waals surface area (Å²) in [7, 11) is 0. The zero-order valence-corrected chi connectivity index (χ0v) is 11.2. The van der Waals surface area contributed by atoms with Gasteiger partial charge in [0.15, 0.2) is 0 Å². The van der Waals surface area contributed by atoms with Gasteiger partial charge in [0.05, 0.1) is 0 Å². The summed E-state index contributed by atoms with van der Waals surface area (Å²) in [5.41, 5.74) is 2.88. The molecule has 1 aromatic rings. The van der Waals surface area contributed by atoms with Crippen molar-refractivity contribution in [2.24, 2.45) is 0 Å². The summed E-state index contributed by atoms with van der Waals surface area (Å²) in [6, 6.07) is 10.5. The second-order valence-corrected chi connectivity index (χ2v) is 4.42. The van der Waals surface area contributed by atoms with Crippen LogP contribution in [0.5, 0.6) is 0 Å². The average molecular weight is 228 g/mol. The van der Waals surface area contributed by atoms with Gasteiger partial charge in [-0.15, -0.1) is 0 Å². The first-order valence-corrected chi connectivity index (χ1v) is 6.76. The van der Waals surface area contributed by atoms with Crippen molar-refractivity contribution in [1.82, 2.24) is 0 Å². The average Bonchev–Trinajstić information content (AvgIpc) is 2.37. The van der Waals surface area contributed by atoms with Gasteiger partial charge in [0.25, 0.3) is 0 Å². The summed E-state index contributed by atoms with van der Waals surface area (Å²) in [6.07, 6.45) is 13.0. The molecule has 0 aliphatic carbocycles. The highest BCUT2D eigenvalue weighted by molar-refractivity contribution is 5.49. The Bertz CT molecular complexity index is 344. The van der Waals surface area contributed by atoms with E-state index in [9.17, 15) is 0 Å². The van der Waals surface area contributed by atoms with E-state index in [1.807, 2.05) is 0 Å². The van der Waals surface area contributed by atoms with Crippen LogP contribution in [0.1, 0.15) is 51.5 Å². The molecular weight excluding hydrogens is 204 g/mol. The maximum atomic E-state index is 2.42. The third-order valence-electron chi connectivity index (χ3n) is 2.78. The molecule has 0 aromatic heterocycles. The van der Waals surface area contributed by atoms with Gasteiger partial charge in [-0.3, -0.25) is 0 Å². The van der Waals surface area contributed by atoms with E-state index in [-0.39, 0.29) is 0 Å². The summed E-state index contributed by atoms with van der Waals surface area (Å²) in [5, 5.41) is 0. The van der Waals surface area contributed by atoms with Crippen molar-refractivity contribution in [1.29, 1.82) is 0 Å². The Kier molecular flexibility index (Phi) is 7.13. The lowest BCUT2D eigenvalue weighted by Crippen LogP contribution is -1.82. The Morgan fingerprint density at radius 3 is 2.47 bits per heavy atom. The molecule has 1 rings (SSSR count). The molecule has 0 aliphatic heterocycles. The normalized spacial score (nSPS) is 12.2. The lowest BCUT2D eigenvalue weighted by Gasteiger charge is -2.02. The lowest BCUT2D eigenvalue weighted by molar-refractivity contribution is 0.854. The zero-order valence-electron chi connectivity index (χ0n) is 11.2. The van der Waals surface area contributed by atoms with Crippen LogP contribution in [-0.4, -0.2) is 0 Å². The van der Waals surface area contributed by atoms with Gasteiger partial charge >= 0.3 is 0 Å². The highest BCUT2D eigenvalue weighted by atomic mass is 14.0. The van der Waals surface area contributed by atoms with E-state index in [2.05, 4.69) is 62.4 Å². The van der Waals surface area contributed by atoms with Crippen LogP contribution in [0.15, 0.2) is 48.1 Å². The maximum absolute atomic E-state index is 2.42. The van der Waals surface area contributed by atoms with Crippen LogP contribution >= 0.6 is 0 Å². The van der Waals surface area contributed by atoms with Crippen LogP contribution in [0.25, 0.3) is 6.08 Å². The van der Waals surface area contributed by atoms with Crippen LogP contribution in [0.3, 0.4) is 0 Å². The smallest absolute Gasteiger partial charge is 0.0135 e. The molecule has 0 saturated heterocycles. The molecule has 17 heavy (non-hydrogen) atoms. The quantitative estimate of drug-likeness (QED) is 0.532. The van der Waals surface area contributed by atoms with Crippen molar-refractivity contribution in [2.45, 2.75) is 46.0 Å². The summed E-state index contributed by atoms with van der Waals surface area (Å²) in [4.78, 5) is 0. The van der Waals surface area contributed by atoms with Gasteiger partial charge in [0.1, 0.15) is 0 Å². The second-order valence-electron chi connectivity index (χ2n) is 4.42. The Hall–Kier alpha value is -1.30. The molecule has 0 spiro atoms. The minimum atomic E-state index is 1.10. The van der Waals surface area contributed by atoms with E-state index in [0.717, 1.165) is 6.42 Å². The van der Waals surface area contributed by atoms with Gasteiger partial charge in [-0.1, -0.05) is 80.8 Å². The molecule has 0 bridgehead atoms. The molecule has 0 unspecified atom stereocenters. The summed E-state index contributed by atoms with van der Waals surface area (Å²) in [5.74, 6) is 0. The van der Waals surface area contributed by atoms with E-state index in [1.165, 1.54) is 31.2 Å². The molecule has 0 radical (unpaired) electrons. The van der Waals surface area contributed by atoms with E-state index in [0.29, 0.717) is 0 Å². The van der Waals surface area contributed by atoms with Crippen molar-refractivity contribution in [3.63, 3.8) is 0 Å². The van der Waals surface area contributed by atoms with Crippen molar-refractivity contribution in [3.05, 3.63) is 53.6 Å². The molecule has 0 amide bonds. The third-order valence-corrected chi connectivity index (χ3v) is 2.78. The first-order valence-electron chi connectivity index (χ1n) is 6.76. The van der Waals surface area contributed by atoms with E-state index < -0.39 is 0 Å². The van der Waals surface area contributed by atoms with Crippen molar-refractivity contribution >= 4 is 6.08 Å². The van der Waals surface area contributed by atoms with E-state index in [4.69, 9.17) is 0 Å². The number of allylic oxidation sites excluding steroid dienone is 3. The fourth-order valence-corrected chi connectivity index (χ4v) is 1.87. The predicted octanol–water partition coefficient (Wildman–Crippen LogP) is 5.62. The van der Waals surface area contributed by atoms with Crippen molar-refractivity contribution in [2.75, 3.05) is 0 Å². The van der Waals surface area contributed by atoms with E-state index >= 15 is 0 Å². The van der Waals surface area contributed by atoms with Crippen LogP contribution < -0.4 is 0 Å². The minimum Gasteiger partial charge on any atom is -0.0850 e. The first-order chi connectivity index (χ1) is 8.36.